The Bertz CT molecular complexity index is 395. The summed E-state index contributed by atoms with van der Waals surface area (Å²) in [6, 6.07) is 5.56. The first-order chi connectivity index (χ1) is 8.66. The first-order valence-corrected chi connectivity index (χ1v) is 7.31. The maximum atomic E-state index is 13.0. The van der Waals surface area contributed by atoms with Gasteiger partial charge in [0, 0.05) is 17.1 Å². The first kappa shape index (κ1) is 16.9. The monoisotopic (exact) mass is 350 g/mol. The fourth-order valence-corrected chi connectivity index (χ4v) is 2.97. The molecular formula is C14H21BrClFN2. The van der Waals surface area contributed by atoms with E-state index in [1.165, 1.54) is 31.4 Å². The van der Waals surface area contributed by atoms with E-state index < -0.39 is 0 Å². The van der Waals surface area contributed by atoms with E-state index in [-0.39, 0.29) is 18.2 Å². The van der Waals surface area contributed by atoms with Crippen molar-refractivity contribution >= 4 is 28.3 Å². The van der Waals surface area contributed by atoms with Crippen LogP contribution in [0.3, 0.4) is 0 Å². The molecule has 2 rings (SSSR count). The van der Waals surface area contributed by atoms with Gasteiger partial charge in [-0.05, 0) is 57.1 Å². The van der Waals surface area contributed by atoms with Crippen molar-refractivity contribution in [2.24, 2.45) is 0 Å². The quantitative estimate of drug-likeness (QED) is 0.895. The Labute approximate surface area is 129 Å². The van der Waals surface area contributed by atoms with Crippen LogP contribution in [0.1, 0.15) is 24.8 Å². The van der Waals surface area contributed by atoms with Gasteiger partial charge < -0.3 is 5.32 Å². The third-order valence-electron chi connectivity index (χ3n) is 3.60. The maximum Gasteiger partial charge on any atom is 0.124 e. The number of hydrogen-bond acceptors (Lipinski definition) is 2. The number of rotatable bonds is 3. The molecule has 1 fully saturated rings. The third-order valence-corrected chi connectivity index (χ3v) is 4.34. The predicted octanol–water partition coefficient (Wildman–Crippen LogP) is 3.58. The smallest absolute Gasteiger partial charge is 0.124 e. The van der Waals surface area contributed by atoms with Gasteiger partial charge in [-0.2, -0.15) is 0 Å². The second-order valence-electron chi connectivity index (χ2n) is 4.99. The standard InChI is InChI=1S/C14H20BrFN2.ClH/c1-18(13-3-2-7-17-8-6-13)10-11-4-5-12(16)9-14(11)15;/h4-5,9,13,17H,2-3,6-8,10H2,1H3;1H. The second-order valence-corrected chi connectivity index (χ2v) is 5.84. The Balaban J connectivity index is 0.00000180. The van der Waals surface area contributed by atoms with Crippen LogP contribution in [-0.4, -0.2) is 31.1 Å². The lowest BCUT2D eigenvalue weighted by Crippen LogP contribution is -2.32. The van der Waals surface area contributed by atoms with Crippen molar-refractivity contribution in [2.45, 2.75) is 31.8 Å². The van der Waals surface area contributed by atoms with Crippen molar-refractivity contribution in [2.75, 3.05) is 20.1 Å². The Morgan fingerprint density at radius 2 is 2.16 bits per heavy atom. The van der Waals surface area contributed by atoms with Gasteiger partial charge in [-0.1, -0.05) is 22.0 Å². The summed E-state index contributed by atoms with van der Waals surface area (Å²) in [5.41, 5.74) is 1.15. The number of hydrogen-bond donors (Lipinski definition) is 1. The van der Waals surface area contributed by atoms with E-state index in [1.54, 1.807) is 0 Å². The fourth-order valence-electron chi connectivity index (χ4n) is 2.49. The predicted molar refractivity (Wildman–Crippen MR) is 83.3 cm³/mol. The van der Waals surface area contributed by atoms with Gasteiger partial charge in [-0.25, -0.2) is 4.39 Å². The van der Waals surface area contributed by atoms with Crippen molar-refractivity contribution < 1.29 is 4.39 Å². The number of nitrogens with zero attached hydrogens (tertiary/aromatic N) is 1. The minimum Gasteiger partial charge on any atom is -0.317 e. The molecule has 5 heteroatoms. The van der Waals surface area contributed by atoms with Crippen LogP contribution in [0, 0.1) is 5.82 Å². The van der Waals surface area contributed by atoms with Gasteiger partial charge in [0.15, 0.2) is 0 Å². The van der Waals surface area contributed by atoms with Crippen molar-refractivity contribution in [3.05, 3.63) is 34.1 Å². The highest BCUT2D eigenvalue weighted by molar-refractivity contribution is 9.10. The molecule has 1 unspecified atom stereocenters. The topological polar surface area (TPSA) is 15.3 Å². The van der Waals surface area contributed by atoms with E-state index >= 15 is 0 Å². The lowest BCUT2D eigenvalue weighted by atomic mass is 10.1. The highest BCUT2D eigenvalue weighted by Gasteiger charge is 2.17. The van der Waals surface area contributed by atoms with Crippen molar-refractivity contribution in [3.8, 4) is 0 Å². The summed E-state index contributed by atoms with van der Waals surface area (Å²) >= 11 is 3.44. The molecule has 1 aromatic rings. The van der Waals surface area contributed by atoms with Crippen LogP contribution < -0.4 is 5.32 Å². The van der Waals surface area contributed by atoms with Gasteiger partial charge in [-0.3, -0.25) is 4.90 Å². The van der Waals surface area contributed by atoms with E-state index in [1.807, 2.05) is 6.07 Å². The van der Waals surface area contributed by atoms with Gasteiger partial charge in [0.25, 0.3) is 0 Å². The lowest BCUT2D eigenvalue weighted by Gasteiger charge is -2.27. The molecule has 2 nitrogen and oxygen atoms in total. The van der Waals surface area contributed by atoms with Gasteiger partial charge in [0.1, 0.15) is 5.82 Å². The number of benzene rings is 1. The van der Waals surface area contributed by atoms with Gasteiger partial charge >= 0.3 is 0 Å². The minimum atomic E-state index is -0.188. The molecule has 0 amide bonds. The minimum absolute atomic E-state index is 0. The molecule has 1 aliphatic heterocycles. The van der Waals surface area contributed by atoms with Crippen LogP contribution in [0.4, 0.5) is 4.39 Å². The zero-order chi connectivity index (χ0) is 13.0. The second kappa shape index (κ2) is 8.20. The van der Waals surface area contributed by atoms with E-state index in [0.29, 0.717) is 6.04 Å². The Morgan fingerprint density at radius 1 is 1.37 bits per heavy atom. The molecule has 0 bridgehead atoms. The van der Waals surface area contributed by atoms with Crippen LogP contribution in [0.5, 0.6) is 0 Å². The summed E-state index contributed by atoms with van der Waals surface area (Å²) in [5.74, 6) is -0.188. The Morgan fingerprint density at radius 3 is 2.89 bits per heavy atom. The van der Waals surface area contributed by atoms with Crippen LogP contribution in [0.2, 0.25) is 0 Å². The average molecular weight is 352 g/mol. The SMILES string of the molecule is CN(Cc1ccc(F)cc1Br)C1CCCNCC1.Cl. The molecule has 0 aromatic heterocycles. The summed E-state index contributed by atoms with van der Waals surface area (Å²) in [6.07, 6.45) is 3.66. The largest absolute Gasteiger partial charge is 0.317 e. The molecule has 0 radical (unpaired) electrons. The Hall–Kier alpha value is -0.160. The summed E-state index contributed by atoms with van der Waals surface area (Å²) in [6.45, 7) is 3.09. The number of halogens is 3. The van der Waals surface area contributed by atoms with Crippen LogP contribution >= 0.6 is 28.3 Å². The summed E-state index contributed by atoms with van der Waals surface area (Å²) < 4.78 is 13.9. The van der Waals surface area contributed by atoms with E-state index in [0.717, 1.165) is 29.7 Å². The lowest BCUT2D eigenvalue weighted by molar-refractivity contribution is 0.216. The molecule has 0 aliphatic carbocycles. The molecule has 1 saturated heterocycles. The van der Waals surface area contributed by atoms with Crippen LogP contribution in [-0.2, 0) is 6.54 Å². The fraction of sp³-hybridized carbons (Fsp3) is 0.571. The highest BCUT2D eigenvalue weighted by Crippen LogP contribution is 2.21. The molecule has 1 heterocycles. The van der Waals surface area contributed by atoms with Gasteiger partial charge in [-0.15, -0.1) is 12.4 Å². The Kier molecular flexibility index (Phi) is 7.29. The summed E-state index contributed by atoms with van der Waals surface area (Å²) in [4.78, 5) is 2.38. The zero-order valence-corrected chi connectivity index (χ0v) is 13.6. The van der Waals surface area contributed by atoms with E-state index in [2.05, 4.69) is 33.2 Å². The molecule has 1 aromatic carbocycles. The van der Waals surface area contributed by atoms with Crippen molar-refractivity contribution in [1.82, 2.24) is 10.2 Å². The van der Waals surface area contributed by atoms with Crippen LogP contribution in [0.25, 0.3) is 0 Å². The van der Waals surface area contributed by atoms with E-state index in [4.69, 9.17) is 0 Å². The highest BCUT2D eigenvalue weighted by atomic mass is 79.9. The summed E-state index contributed by atoms with van der Waals surface area (Å²) in [5, 5.41) is 3.43. The van der Waals surface area contributed by atoms with Gasteiger partial charge in [0.2, 0.25) is 0 Å². The molecule has 1 atom stereocenters. The maximum absolute atomic E-state index is 13.0. The molecule has 1 N–H and O–H groups in total. The van der Waals surface area contributed by atoms with Crippen molar-refractivity contribution in [3.63, 3.8) is 0 Å². The van der Waals surface area contributed by atoms with Crippen LogP contribution in [0.15, 0.2) is 22.7 Å². The zero-order valence-electron chi connectivity index (χ0n) is 11.2. The third kappa shape index (κ3) is 5.03. The molecular weight excluding hydrogens is 331 g/mol. The first-order valence-electron chi connectivity index (χ1n) is 6.51. The number of nitrogens with one attached hydrogen (secondary N) is 1. The molecule has 1 aliphatic rings. The van der Waals surface area contributed by atoms with E-state index in [9.17, 15) is 4.39 Å². The van der Waals surface area contributed by atoms with Gasteiger partial charge in [0.05, 0.1) is 0 Å². The molecule has 0 spiro atoms. The molecule has 19 heavy (non-hydrogen) atoms. The molecule has 108 valence electrons. The normalized spacial score (nSPS) is 19.9. The molecule has 0 saturated carbocycles. The average Bonchev–Trinajstić information content (AvgIpc) is 2.61. The van der Waals surface area contributed by atoms with Crippen molar-refractivity contribution in [1.29, 1.82) is 0 Å². The summed E-state index contributed by atoms with van der Waals surface area (Å²) in [7, 11) is 2.16.